The van der Waals surface area contributed by atoms with E-state index in [1.165, 1.54) is 13.2 Å². The zero-order chi connectivity index (χ0) is 26.7. The second-order valence-corrected chi connectivity index (χ2v) is 14.7. The van der Waals surface area contributed by atoms with Gasteiger partial charge >= 0.3 is 5.97 Å². The lowest BCUT2D eigenvalue weighted by molar-refractivity contribution is -0.191. The highest BCUT2D eigenvalue weighted by molar-refractivity contribution is 6.00. The first-order valence-electron chi connectivity index (χ1n) is 13.8. The van der Waals surface area contributed by atoms with Crippen LogP contribution in [-0.2, 0) is 19.1 Å². The summed E-state index contributed by atoms with van der Waals surface area (Å²) in [7, 11) is 1.47. The predicted octanol–water partition coefficient (Wildman–Crippen LogP) is 6.78. The Labute approximate surface area is 215 Å². The molecule has 0 saturated heterocycles. The normalized spacial score (nSPS) is 46.9. The summed E-state index contributed by atoms with van der Waals surface area (Å²) in [4.78, 5) is 40.4. The van der Waals surface area contributed by atoms with Crippen molar-refractivity contribution in [3.63, 3.8) is 0 Å². The molecule has 5 aliphatic rings. The third-order valence-corrected chi connectivity index (χ3v) is 12.3. The van der Waals surface area contributed by atoms with E-state index in [2.05, 4.69) is 27.7 Å². The van der Waals surface area contributed by atoms with Gasteiger partial charge in [0, 0.05) is 16.7 Å². The van der Waals surface area contributed by atoms with Gasteiger partial charge in [-0.3, -0.25) is 14.4 Å². The Morgan fingerprint density at radius 1 is 0.972 bits per heavy atom. The van der Waals surface area contributed by atoms with Gasteiger partial charge in [-0.1, -0.05) is 54.0 Å². The molecule has 5 rings (SSSR count). The van der Waals surface area contributed by atoms with Gasteiger partial charge < -0.3 is 4.74 Å². The first-order valence-corrected chi connectivity index (χ1v) is 13.8. The fraction of sp³-hybridized carbons (Fsp3) is 0.774. The summed E-state index contributed by atoms with van der Waals surface area (Å²) in [5.74, 6) is -1.59. The number of methoxy groups -OCH3 is 1. The lowest BCUT2D eigenvalue weighted by atomic mass is 9.34. The van der Waals surface area contributed by atoms with Gasteiger partial charge in [-0.05, 0) is 85.2 Å². The van der Waals surface area contributed by atoms with E-state index in [1.54, 1.807) is 0 Å². The SMILES string of the molecule is COC(=O)[C@]12CCC(C)(C)C[C@H]1[C@H]1C(=O)C=C3[C@@]4(C)C=C(F)C(=O)C(C)(C)[C@@H]4CC[C@@]3(C)[C@]1(C)CC2. The monoisotopic (exact) mass is 498 g/mol. The number of halogens is 1. The van der Waals surface area contributed by atoms with Gasteiger partial charge in [0.05, 0.1) is 12.5 Å². The van der Waals surface area contributed by atoms with Crippen LogP contribution in [0.4, 0.5) is 4.39 Å². The Morgan fingerprint density at radius 3 is 2.25 bits per heavy atom. The number of rotatable bonds is 1. The van der Waals surface area contributed by atoms with Gasteiger partial charge in [0.1, 0.15) is 0 Å². The Kier molecular flexibility index (Phi) is 5.32. The van der Waals surface area contributed by atoms with E-state index in [9.17, 15) is 14.4 Å². The van der Waals surface area contributed by atoms with Crippen molar-refractivity contribution in [2.45, 2.75) is 93.4 Å². The molecule has 4 nitrogen and oxygen atoms in total. The molecular weight excluding hydrogens is 455 g/mol. The molecular formula is C31H43FO4. The number of esters is 1. The zero-order valence-electron chi connectivity index (χ0n) is 23.3. The molecule has 0 amide bonds. The van der Waals surface area contributed by atoms with E-state index >= 15 is 4.39 Å². The highest BCUT2D eigenvalue weighted by Gasteiger charge is 2.71. The lowest BCUT2D eigenvalue weighted by Gasteiger charge is -2.68. The molecule has 0 N–H and O–H groups in total. The minimum Gasteiger partial charge on any atom is -0.469 e. The van der Waals surface area contributed by atoms with Gasteiger partial charge in [0.25, 0.3) is 0 Å². The molecule has 0 aromatic carbocycles. The molecule has 3 fully saturated rings. The third-order valence-electron chi connectivity index (χ3n) is 12.3. The quantitative estimate of drug-likeness (QED) is 0.374. The third kappa shape index (κ3) is 2.95. The molecule has 0 aromatic heterocycles. The molecule has 0 bridgehead atoms. The standard InChI is InChI=1S/C31H43FO4/c1-26(2)11-13-31(25(35)36-8)14-12-30(7)23(18(31)16-26)20(33)15-22-28(5)17-19(32)24(34)27(3,4)21(28)9-10-29(22,30)6/h15,17-18,21,23H,9-14,16H2,1-8H3/t18-,21-,23-,28-,29+,30+,31-/m0/s1. The number of carbonyl (C=O) groups excluding carboxylic acids is 3. The summed E-state index contributed by atoms with van der Waals surface area (Å²) in [6, 6.07) is 0. The average molecular weight is 499 g/mol. The van der Waals surface area contributed by atoms with Gasteiger partial charge in [0.2, 0.25) is 0 Å². The van der Waals surface area contributed by atoms with Crippen molar-refractivity contribution in [1.29, 1.82) is 0 Å². The zero-order valence-corrected chi connectivity index (χ0v) is 23.3. The molecule has 0 aliphatic heterocycles. The van der Waals surface area contributed by atoms with Gasteiger partial charge in [-0.2, -0.15) is 0 Å². The second kappa shape index (κ2) is 7.41. The summed E-state index contributed by atoms with van der Waals surface area (Å²) >= 11 is 0. The number of hydrogen-bond acceptors (Lipinski definition) is 4. The van der Waals surface area contributed by atoms with Crippen LogP contribution in [-0.4, -0.2) is 24.6 Å². The van der Waals surface area contributed by atoms with Crippen molar-refractivity contribution in [1.82, 2.24) is 0 Å². The summed E-state index contributed by atoms with van der Waals surface area (Å²) in [5, 5.41) is 0. The molecule has 198 valence electrons. The molecule has 0 aromatic rings. The summed E-state index contributed by atoms with van der Waals surface area (Å²) in [6.45, 7) is 14.8. The molecule has 0 radical (unpaired) electrons. The number of fused-ring (bicyclic) bond motifs is 7. The number of allylic oxidation sites excluding steroid dienone is 4. The predicted molar refractivity (Wildman–Crippen MR) is 136 cm³/mol. The molecule has 0 heterocycles. The first kappa shape index (κ1) is 25.9. The van der Waals surface area contributed by atoms with E-state index < -0.39 is 27.9 Å². The van der Waals surface area contributed by atoms with Crippen molar-refractivity contribution in [3.8, 4) is 0 Å². The Morgan fingerprint density at radius 2 is 1.61 bits per heavy atom. The minimum atomic E-state index is -0.823. The van der Waals surface area contributed by atoms with Crippen LogP contribution in [0.15, 0.2) is 23.6 Å². The Hall–Kier alpha value is -1.78. The van der Waals surface area contributed by atoms with E-state index in [0.29, 0.717) is 0 Å². The molecule has 5 aliphatic carbocycles. The first-order chi connectivity index (χ1) is 16.5. The van der Waals surface area contributed by atoms with Crippen LogP contribution in [0.3, 0.4) is 0 Å². The van der Waals surface area contributed by atoms with Crippen molar-refractivity contribution >= 4 is 17.5 Å². The number of hydrogen-bond donors (Lipinski definition) is 0. The molecule has 36 heavy (non-hydrogen) atoms. The van der Waals surface area contributed by atoms with Gasteiger partial charge in [0.15, 0.2) is 17.4 Å². The average Bonchev–Trinajstić information content (AvgIpc) is 2.78. The minimum absolute atomic E-state index is 0.0505. The Balaban J connectivity index is 1.69. The van der Waals surface area contributed by atoms with E-state index in [4.69, 9.17) is 4.74 Å². The van der Waals surface area contributed by atoms with Crippen LogP contribution < -0.4 is 0 Å². The maximum Gasteiger partial charge on any atom is 0.312 e. The lowest BCUT2D eigenvalue weighted by Crippen LogP contribution is -2.65. The molecule has 0 unspecified atom stereocenters. The van der Waals surface area contributed by atoms with Crippen molar-refractivity contribution in [3.05, 3.63) is 23.6 Å². The number of ether oxygens (including phenoxy) is 1. The largest absolute Gasteiger partial charge is 0.469 e. The number of carbonyl (C=O) groups is 3. The second-order valence-electron chi connectivity index (χ2n) is 14.7. The highest BCUT2D eigenvalue weighted by Crippen LogP contribution is 2.74. The topological polar surface area (TPSA) is 60.4 Å². The van der Waals surface area contributed by atoms with Gasteiger partial charge in [-0.25, -0.2) is 4.39 Å². The van der Waals surface area contributed by atoms with E-state index in [-0.39, 0.29) is 45.8 Å². The smallest absolute Gasteiger partial charge is 0.312 e. The van der Waals surface area contributed by atoms with Crippen LogP contribution in [0, 0.1) is 50.2 Å². The fourth-order valence-electron chi connectivity index (χ4n) is 10.0. The molecule has 7 atom stereocenters. The van der Waals surface area contributed by atoms with Crippen molar-refractivity contribution < 1.29 is 23.5 Å². The summed E-state index contributed by atoms with van der Waals surface area (Å²) < 4.78 is 20.5. The van der Waals surface area contributed by atoms with Crippen molar-refractivity contribution in [2.75, 3.05) is 7.11 Å². The van der Waals surface area contributed by atoms with Crippen LogP contribution in [0.1, 0.15) is 93.4 Å². The van der Waals surface area contributed by atoms with Gasteiger partial charge in [-0.15, -0.1) is 0 Å². The maximum atomic E-state index is 15.1. The van der Waals surface area contributed by atoms with Crippen LogP contribution in [0.2, 0.25) is 0 Å². The number of ketones is 2. The Bertz CT molecular complexity index is 1110. The highest BCUT2D eigenvalue weighted by atomic mass is 19.1. The van der Waals surface area contributed by atoms with Crippen molar-refractivity contribution in [2.24, 2.45) is 50.2 Å². The molecule has 3 saturated carbocycles. The molecule has 5 heteroatoms. The summed E-state index contributed by atoms with van der Waals surface area (Å²) in [6.07, 6.45) is 9.02. The maximum absolute atomic E-state index is 15.1. The van der Waals surface area contributed by atoms with Crippen LogP contribution >= 0.6 is 0 Å². The van der Waals surface area contributed by atoms with Crippen LogP contribution in [0.25, 0.3) is 0 Å². The molecule has 0 spiro atoms. The van der Waals surface area contributed by atoms with E-state index in [0.717, 1.165) is 50.5 Å². The summed E-state index contributed by atoms with van der Waals surface area (Å²) in [5.41, 5.74) is -1.77. The van der Waals surface area contributed by atoms with Crippen LogP contribution in [0.5, 0.6) is 0 Å². The number of Topliss-reactive ketones (excluding diaryl/α,β-unsaturated/α-hetero) is 1. The van der Waals surface area contributed by atoms with E-state index in [1.807, 2.05) is 26.8 Å². The fourth-order valence-corrected chi connectivity index (χ4v) is 10.0.